The molecule has 0 radical (unpaired) electrons. The van der Waals surface area contributed by atoms with Crippen LogP contribution in [0.3, 0.4) is 0 Å². The van der Waals surface area contributed by atoms with Gasteiger partial charge in [-0.1, -0.05) is 6.92 Å². The first-order valence-corrected chi connectivity index (χ1v) is 2.99. The molecule has 0 saturated carbocycles. The maximum absolute atomic E-state index is 10.2. The maximum atomic E-state index is 10.2. The molecule has 0 saturated heterocycles. The van der Waals surface area contributed by atoms with Crippen LogP contribution in [0.4, 0.5) is 0 Å². The maximum Gasteiger partial charge on any atom is 0.307 e. The molecule has 0 heterocycles. The Morgan fingerprint density at radius 3 is 2.44 bits per heavy atom. The van der Waals surface area contributed by atoms with Gasteiger partial charge in [0.15, 0.2) is 0 Å². The molecule has 0 aromatic carbocycles. The Balaban J connectivity index is 3.56. The standard InChI is InChI=1S/C7H12O2/c1-4-6(2)5-9-7(3)8/h5H,4H2,1-3H3. The molecule has 0 fully saturated rings. The molecule has 0 aliphatic carbocycles. The fourth-order valence-corrected chi connectivity index (χ4v) is 0.267. The van der Waals surface area contributed by atoms with Crippen LogP contribution in [-0.2, 0) is 9.53 Å². The van der Waals surface area contributed by atoms with Gasteiger partial charge >= 0.3 is 5.97 Å². The quantitative estimate of drug-likeness (QED) is 0.419. The van der Waals surface area contributed by atoms with E-state index in [-0.39, 0.29) is 5.97 Å². The van der Waals surface area contributed by atoms with Crippen molar-refractivity contribution in [2.75, 3.05) is 0 Å². The topological polar surface area (TPSA) is 26.3 Å². The lowest BCUT2D eigenvalue weighted by atomic mass is 10.3. The van der Waals surface area contributed by atoms with Crippen molar-refractivity contribution in [3.05, 3.63) is 11.8 Å². The molecule has 0 N–H and O–H groups in total. The minimum absolute atomic E-state index is 0.261. The van der Waals surface area contributed by atoms with Gasteiger partial charge in [0.05, 0.1) is 6.26 Å². The number of hydrogen-bond acceptors (Lipinski definition) is 2. The predicted octanol–water partition coefficient (Wildman–Crippen LogP) is 1.86. The highest BCUT2D eigenvalue weighted by Crippen LogP contribution is 1.97. The van der Waals surface area contributed by atoms with Gasteiger partial charge in [0.2, 0.25) is 0 Å². The molecule has 0 atom stereocenters. The molecule has 0 bridgehead atoms. The molecule has 0 aromatic rings. The zero-order valence-corrected chi connectivity index (χ0v) is 6.10. The van der Waals surface area contributed by atoms with E-state index in [1.165, 1.54) is 13.2 Å². The normalized spacial score (nSPS) is 11.2. The lowest BCUT2D eigenvalue weighted by Crippen LogP contribution is -1.90. The third-order valence-corrected chi connectivity index (χ3v) is 0.984. The molecule has 0 spiro atoms. The number of hydrogen-bond donors (Lipinski definition) is 0. The van der Waals surface area contributed by atoms with Gasteiger partial charge in [0.25, 0.3) is 0 Å². The Hall–Kier alpha value is -0.790. The SMILES string of the molecule is CCC(C)=COC(C)=O. The molecular weight excluding hydrogens is 116 g/mol. The summed E-state index contributed by atoms with van der Waals surface area (Å²) in [7, 11) is 0. The van der Waals surface area contributed by atoms with Crippen molar-refractivity contribution in [2.45, 2.75) is 27.2 Å². The molecular formula is C7H12O2. The molecule has 9 heavy (non-hydrogen) atoms. The van der Waals surface area contributed by atoms with E-state index in [4.69, 9.17) is 0 Å². The van der Waals surface area contributed by atoms with Crippen LogP contribution in [-0.4, -0.2) is 5.97 Å². The van der Waals surface area contributed by atoms with Gasteiger partial charge in [-0.25, -0.2) is 0 Å². The number of allylic oxidation sites excluding steroid dienone is 1. The predicted molar refractivity (Wildman–Crippen MR) is 35.8 cm³/mol. The Morgan fingerprint density at radius 1 is 1.56 bits per heavy atom. The van der Waals surface area contributed by atoms with Gasteiger partial charge in [-0.3, -0.25) is 4.79 Å². The summed E-state index contributed by atoms with van der Waals surface area (Å²) < 4.78 is 4.59. The van der Waals surface area contributed by atoms with Crippen LogP contribution in [0.1, 0.15) is 27.2 Å². The van der Waals surface area contributed by atoms with Crippen molar-refractivity contribution in [3.63, 3.8) is 0 Å². The van der Waals surface area contributed by atoms with Crippen molar-refractivity contribution in [1.82, 2.24) is 0 Å². The average molecular weight is 128 g/mol. The fourth-order valence-electron chi connectivity index (χ4n) is 0.267. The van der Waals surface area contributed by atoms with Crippen molar-refractivity contribution in [3.8, 4) is 0 Å². The Morgan fingerprint density at radius 2 is 2.11 bits per heavy atom. The molecule has 2 heteroatoms. The lowest BCUT2D eigenvalue weighted by molar-refractivity contribution is -0.135. The van der Waals surface area contributed by atoms with Gasteiger partial charge < -0.3 is 4.74 Å². The third-order valence-electron chi connectivity index (χ3n) is 0.984. The van der Waals surface area contributed by atoms with Crippen LogP contribution < -0.4 is 0 Å². The third kappa shape index (κ3) is 5.07. The van der Waals surface area contributed by atoms with Crippen LogP contribution in [0.15, 0.2) is 11.8 Å². The second-order valence-electron chi connectivity index (χ2n) is 1.93. The number of ether oxygens (including phenoxy) is 1. The van der Waals surface area contributed by atoms with Crippen LogP contribution in [0.2, 0.25) is 0 Å². The largest absolute Gasteiger partial charge is 0.435 e. The summed E-state index contributed by atoms with van der Waals surface area (Å²) in [6.45, 7) is 5.32. The monoisotopic (exact) mass is 128 g/mol. The molecule has 0 aromatic heterocycles. The Bertz CT molecular complexity index is 125. The minimum Gasteiger partial charge on any atom is -0.435 e. The summed E-state index contributed by atoms with van der Waals surface area (Å²) in [6, 6.07) is 0. The van der Waals surface area contributed by atoms with E-state index in [1.54, 1.807) is 0 Å². The zero-order chi connectivity index (χ0) is 7.28. The highest BCUT2D eigenvalue weighted by Gasteiger charge is 1.87. The van der Waals surface area contributed by atoms with Gasteiger partial charge in [0.1, 0.15) is 0 Å². The van der Waals surface area contributed by atoms with E-state index < -0.39 is 0 Å². The smallest absolute Gasteiger partial charge is 0.307 e. The first-order valence-electron chi connectivity index (χ1n) is 2.99. The van der Waals surface area contributed by atoms with Gasteiger partial charge in [-0.2, -0.15) is 0 Å². The zero-order valence-electron chi connectivity index (χ0n) is 6.10. The highest BCUT2D eigenvalue weighted by molar-refractivity contribution is 5.66. The van der Waals surface area contributed by atoms with E-state index in [2.05, 4.69) is 4.74 Å². The first-order chi connectivity index (χ1) is 4.16. The van der Waals surface area contributed by atoms with E-state index >= 15 is 0 Å². The van der Waals surface area contributed by atoms with Gasteiger partial charge in [-0.15, -0.1) is 0 Å². The molecule has 0 aliphatic rings. The Labute approximate surface area is 55.5 Å². The van der Waals surface area contributed by atoms with Gasteiger partial charge in [-0.05, 0) is 18.9 Å². The second kappa shape index (κ2) is 4.13. The molecule has 0 unspecified atom stereocenters. The molecule has 0 rings (SSSR count). The molecule has 2 nitrogen and oxygen atoms in total. The summed E-state index contributed by atoms with van der Waals surface area (Å²) in [5.74, 6) is -0.261. The number of rotatable bonds is 2. The van der Waals surface area contributed by atoms with Crippen molar-refractivity contribution in [2.24, 2.45) is 0 Å². The fraction of sp³-hybridized carbons (Fsp3) is 0.571. The summed E-state index contributed by atoms with van der Waals surface area (Å²) in [5, 5.41) is 0. The van der Waals surface area contributed by atoms with Crippen molar-refractivity contribution >= 4 is 5.97 Å². The lowest BCUT2D eigenvalue weighted by Gasteiger charge is -1.93. The van der Waals surface area contributed by atoms with Crippen molar-refractivity contribution < 1.29 is 9.53 Å². The van der Waals surface area contributed by atoms with Crippen LogP contribution >= 0.6 is 0 Å². The van der Waals surface area contributed by atoms with Gasteiger partial charge in [0, 0.05) is 6.92 Å². The van der Waals surface area contributed by atoms with Crippen LogP contribution in [0.25, 0.3) is 0 Å². The molecule has 0 aliphatic heterocycles. The number of carbonyl (C=O) groups is 1. The van der Waals surface area contributed by atoms with E-state index in [0.717, 1.165) is 12.0 Å². The summed E-state index contributed by atoms with van der Waals surface area (Å²) in [5.41, 5.74) is 1.07. The minimum atomic E-state index is -0.261. The summed E-state index contributed by atoms with van der Waals surface area (Å²) >= 11 is 0. The van der Waals surface area contributed by atoms with E-state index in [9.17, 15) is 4.79 Å². The van der Waals surface area contributed by atoms with E-state index in [1.807, 2.05) is 13.8 Å². The molecule has 52 valence electrons. The second-order valence-corrected chi connectivity index (χ2v) is 1.93. The van der Waals surface area contributed by atoms with Crippen molar-refractivity contribution in [1.29, 1.82) is 0 Å². The average Bonchev–Trinajstić information content (AvgIpc) is 1.83. The summed E-state index contributed by atoms with van der Waals surface area (Å²) in [4.78, 5) is 10.2. The Kier molecular flexibility index (Phi) is 3.76. The van der Waals surface area contributed by atoms with E-state index in [0.29, 0.717) is 0 Å². The van der Waals surface area contributed by atoms with Crippen LogP contribution in [0.5, 0.6) is 0 Å². The first kappa shape index (κ1) is 8.21. The number of carbonyl (C=O) groups excluding carboxylic acids is 1. The highest BCUT2D eigenvalue weighted by atomic mass is 16.5. The summed E-state index contributed by atoms with van der Waals surface area (Å²) in [6.07, 6.45) is 2.41. The number of esters is 1. The molecule has 0 amide bonds. The van der Waals surface area contributed by atoms with Crippen LogP contribution in [0, 0.1) is 0 Å².